The first-order valence-corrected chi connectivity index (χ1v) is 3.64. The van der Waals surface area contributed by atoms with Gasteiger partial charge in [-0.2, -0.15) is 0 Å². The smallest absolute Gasteiger partial charge is 0.468 e. The lowest BCUT2D eigenvalue weighted by atomic mass is 10.1. The van der Waals surface area contributed by atoms with Gasteiger partial charge in [-0.25, -0.2) is 4.99 Å². The summed E-state index contributed by atoms with van der Waals surface area (Å²) in [7, 11) is 0. The predicted molar refractivity (Wildman–Crippen MR) is 45.6 cm³/mol. The van der Waals surface area contributed by atoms with Gasteiger partial charge in [0.25, 0.3) is 0 Å². The number of aliphatic imine (C=N–C) groups is 1. The van der Waals surface area contributed by atoms with E-state index in [1.807, 2.05) is 24.3 Å². The molecule has 0 radical (unpaired) electrons. The van der Waals surface area contributed by atoms with Crippen molar-refractivity contribution in [3.63, 3.8) is 0 Å². The second-order valence-electron chi connectivity index (χ2n) is 2.49. The third-order valence-electron chi connectivity index (χ3n) is 1.77. The summed E-state index contributed by atoms with van der Waals surface area (Å²) in [5.74, 6) is 0. The Hall–Kier alpha value is -1.64. The second kappa shape index (κ2) is 2.77. The van der Waals surface area contributed by atoms with E-state index in [2.05, 4.69) is 4.99 Å². The Balaban J connectivity index is 0.000000845. The Labute approximate surface area is 71.2 Å². The molecule has 3 heteroatoms. The van der Waals surface area contributed by atoms with Crippen LogP contribution >= 0.6 is 0 Å². The van der Waals surface area contributed by atoms with Crippen molar-refractivity contribution in [3.05, 3.63) is 29.8 Å². The van der Waals surface area contributed by atoms with Crippen LogP contribution in [0.25, 0.3) is 0 Å². The summed E-state index contributed by atoms with van der Waals surface area (Å²) in [4.78, 5) is 14.5. The van der Waals surface area contributed by atoms with Crippen molar-refractivity contribution < 1.29 is 11.0 Å². The van der Waals surface area contributed by atoms with Crippen LogP contribution in [0.3, 0.4) is 0 Å². The standard InChI is InChI=1S/C9H7NO2/c11-5-9-7-3-1-2-4-8(7)10-6-12-9/h1-6,9H/p+1. The molecule has 60 valence electrons. The molecule has 0 bridgehead atoms. The monoisotopic (exact) mass is 162 g/mol. The van der Waals surface area contributed by atoms with Crippen LogP contribution in [0.15, 0.2) is 29.3 Å². The summed E-state index contributed by atoms with van der Waals surface area (Å²) < 4.78 is 4.99. The van der Waals surface area contributed by atoms with Crippen LogP contribution in [0.2, 0.25) is 0 Å². The zero-order valence-corrected chi connectivity index (χ0v) is 6.31. The number of carbonyl (C=O) groups excluding carboxylic acids is 1. The molecule has 0 fully saturated rings. The number of nitrogens with zero attached hydrogens (tertiary/aromatic N) is 1. The number of hydrogen-bond donors (Lipinski definition) is 0. The lowest BCUT2D eigenvalue weighted by Gasteiger charge is -2.15. The molecule has 0 saturated heterocycles. The number of fused-ring (bicyclic) bond motifs is 1. The van der Waals surface area contributed by atoms with E-state index in [1.165, 1.54) is 6.40 Å². The number of para-hydroxylation sites is 1. The third kappa shape index (κ3) is 0.993. The van der Waals surface area contributed by atoms with Crippen molar-refractivity contribution in [3.8, 4) is 0 Å². The van der Waals surface area contributed by atoms with Gasteiger partial charge in [-0.3, -0.25) is 4.79 Å². The molecule has 2 rings (SSSR count). The average molecular weight is 162 g/mol. The highest BCUT2D eigenvalue weighted by atomic mass is 16.5. The molecule has 12 heavy (non-hydrogen) atoms. The van der Waals surface area contributed by atoms with Crippen LogP contribution in [0.4, 0.5) is 5.69 Å². The number of benzene rings is 1. The van der Waals surface area contributed by atoms with Crippen molar-refractivity contribution in [1.29, 1.82) is 0 Å². The maximum absolute atomic E-state index is 10.5. The fourth-order valence-corrected chi connectivity index (χ4v) is 1.18. The topological polar surface area (TPSA) is 38.7 Å². The van der Waals surface area contributed by atoms with Gasteiger partial charge >= 0.3 is 1.43 Å². The van der Waals surface area contributed by atoms with E-state index in [4.69, 9.17) is 4.74 Å². The number of rotatable bonds is 1. The van der Waals surface area contributed by atoms with E-state index in [0.717, 1.165) is 17.5 Å². The molecule has 0 spiro atoms. The van der Waals surface area contributed by atoms with Gasteiger partial charge in [0.05, 0.1) is 5.69 Å². The first-order chi connectivity index (χ1) is 5.92. The molecule has 0 saturated carbocycles. The molecule has 0 aliphatic carbocycles. The molecule has 1 aromatic carbocycles. The predicted octanol–water partition coefficient (Wildman–Crippen LogP) is 1.73. The van der Waals surface area contributed by atoms with E-state index in [9.17, 15) is 4.79 Å². The number of carbonyl (C=O) groups is 1. The van der Waals surface area contributed by atoms with Gasteiger partial charge in [0.2, 0.25) is 0 Å². The molecule has 1 aliphatic rings. The largest absolute Gasteiger partial charge is 1.00 e. The summed E-state index contributed by atoms with van der Waals surface area (Å²) in [6.45, 7) is 0. The minimum Gasteiger partial charge on any atom is -0.468 e. The summed E-state index contributed by atoms with van der Waals surface area (Å²) in [6.07, 6.45) is 1.59. The van der Waals surface area contributed by atoms with Crippen LogP contribution in [0.5, 0.6) is 0 Å². The molecule has 3 nitrogen and oxygen atoms in total. The third-order valence-corrected chi connectivity index (χ3v) is 1.77. The molecule has 1 heterocycles. The number of aldehydes is 1. The van der Waals surface area contributed by atoms with Crippen LogP contribution in [0, 0.1) is 0 Å². The number of hydrogen-bond acceptors (Lipinski definition) is 3. The highest BCUT2D eigenvalue weighted by Gasteiger charge is 2.16. The lowest BCUT2D eigenvalue weighted by molar-refractivity contribution is -0.114. The molecule has 1 atom stereocenters. The van der Waals surface area contributed by atoms with Gasteiger partial charge in [-0.1, -0.05) is 18.2 Å². The fourth-order valence-electron chi connectivity index (χ4n) is 1.18. The van der Waals surface area contributed by atoms with E-state index >= 15 is 0 Å². The maximum Gasteiger partial charge on any atom is 1.00 e. The summed E-state index contributed by atoms with van der Waals surface area (Å²) in [5, 5.41) is 0. The van der Waals surface area contributed by atoms with Crippen molar-refractivity contribution in [1.82, 2.24) is 0 Å². The molecule has 1 aromatic rings. The van der Waals surface area contributed by atoms with E-state index in [-0.39, 0.29) is 1.43 Å². The zero-order valence-electron chi connectivity index (χ0n) is 7.31. The van der Waals surface area contributed by atoms with Crippen molar-refractivity contribution in [2.24, 2.45) is 4.99 Å². The Bertz CT molecular complexity index is 338. The normalized spacial score (nSPS) is 19.5. The van der Waals surface area contributed by atoms with Gasteiger partial charge in [0.1, 0.15) is 0 Å². The maximum atomic E-state index is 10.5. The Kier molecular flexibility index (Phi) is 1.63. The minimum atomic E-state index is -0.487. The van der Waals surface area contributed by atoms with Crippen molar-refractivity contribution in [2.75, 3.05) is 0 Å². The lowest BCUT2D eigenvalue weighted by Crippen LogP contribution is -2.08. The van der Waals surface area contributed by atoms with Crippen LogP contribution < -0.4 is 0 Å². The first kappa shape index (κ1) is 7.03. The van der Waals surface area contributed by atoms with E-state index < -0.39 is 6.10 Å². The highest BCUT2D eigenvalue weighted by Crippen LogP contribution is 2.28. The van der Waals surface area contributed by atoms with Gasteiger partial charge in [-0.05, 0) is 6.07 Å². The van der Waals surface area contributed by atoms with Crippen molar-refractivity contribution >= 4 is 18.4 Å². The second-order valence-corrected chi connectivity index (χ2v) is 2.49. The van der Waals surface area contributed by atoms with Crippen LogP contribution in [0.1, 0.15) is 13.1 Å². The Morgan fingerprint density at radius 1 is 1.50 bits per heavy atom. The molecule has 0 amide bonds. The molecule has 0 N–H and O–H groups in total. The molecular weight excluding hydrogens is 154 g/mol. The van der Waals surface area contributed by atoms with Gasteiger partial charge in [0.15, 0.2) is 18.8 Å². The summed E-state index contributed by atoms with van der Waals surface area (Å²) in [5.41, 5.74) is 1.64. The van der Waals surface area contributed by atoms with Gasteiger partial charge < -0.3 is 4.74 Å². The van der Waals surface area contributed by atoms with E-state index in [1.54, 1.807) is 0 Å². The van der Waals surface area contributed by atoms with Gasteiger partial charge in [-0.15, -0.1) is 0 Å². The zero-order chi connectivity index (χ0) is 8.39. The highest BCUT2D eigenvalue weighted by molar-refractivity contribution is 5.72. The molecule has 0 aromatic heterocycles. The first-order valence-electron chi connectivity index (χ1n) is 3.64. The Morgan fingerprint density at radius 2 is 2.33 bits per heavy atom. The van der Waals surface area contributed by atoms with Gasteiger partial charge in [0, 0.05) is 5.56 Å². The number of ether oxygens (including phenoxy) is 1. The SMILES string of the molecule is O=CC1OC=Nc2ccccc21.[H+]. The quantitative estimate of drug-likeness (QED) is 0.590. The molecule has 1 unspecified atom stereocenters. The van der Waals surface area contributed by atoms with Crippen LogP contribution in [-0.4, -0.2) is 12.7 Å². The fraction of sp³-hybridized carbons (Fsp3) is 0.111. The molecular formula is C9H8NO2+. The van der Waals surface area contributed by atoms with Crippen LogP contribution in [-0.2, 0) is 9.53 Å². The van der Waals surface area contributed by atoms with Crippen molar-refractivity contribution in [2.45, 2.75) is 6.10 Å². The summed E-state index contributed by atoms with van der Waals surface area (Å²) in [6, 6.07) is 7.43. The Morgan fingerprint density at radius 3 is 3.17 bits per heavy atom. The summed E-state index contributed by atoms with van der Waals surface area (Å²) >= 11 is 0. The van der Waals surface area contributed by atoms with E-state index in [0.29, 0.717) is 0 Å². The molecule has 1 aliphatic heterocycles. The minimum absolute atomic E-state index is 0. The average Bonchev–Trinajstić information content (AvgIpc) is 2.17.